The molecule has 0 amide bonds. The van der Waals surface area contributed by atoms with Crippen LogP contribution in [0, 0.1) is 0 Å². The predicted molar refractivity (Wildman–Crippen MR) is 71.6 cm³/mol. The van der Waals surface area contributed by atoms with Crippen molar-refractivity contribution in [2.75, 3.05) is 6.61 Å². The van der Waals surface area contributed by atoms with E-state index in [1.165, 1.54) is 4.88 Å². The van der Waals surface area contributed by atoms with Crippen molar-refractivity contribution < 1.29 is 4.74 Å². The molecule has 0 aromatic carbocycles. The van der Waals surface area contributed by atoms with Crippen molar-refractivity contribution in [3.05, 3.63) is 34.2 Å². The van der Waals surface area contributed by atoms with Crippen LogP contribution < -0.4 is 11.3 Å². The van der Waals surface area contributed by atoms with Gasteiger partial charge in [0.05, 0.1) is 12.6 Å². The Balaban J connectivity index is 1.77. The molecule has 0 aliphatic carbocycles. The van der Waals surface area contributed by atoms with Crippen LogP contribution in [0.5, 0.6) is 0 Å². The summed E-state index contributed by atoms with van der Waals surface area (Å²) in [6.07, 6.45) is 7.69. The average Bonchev–Trinajstić information content (AvgIpc) is 2.89. The first-order valence-corrected chi connectivity index (χ1v) is 7.09. The Hall–Kier alpha value is -0.840. The second-order valence-electron chi connectivity index (χ2n) is 4.29. The number of aryl methyl sites for hydroxylation is 1. The summed E-state index contributed by atoms with van der Waals surface area (Å²) >= 11 is 1.82. The van der Waals surface area contributed by atoms with Crippen LogP contribution in [0.2, 0.25) is 0 Å². The lowest BCUT2D eigenvalue weighted by Gasteiger charge is -2.23. The highest BCUT2D eigenvalue weighted by Gasteiger charge is 2.15. The molecule has 0 fully saturated rings. The Morgan fingerprint density at radius 1 is 1.53 bits per heavy atom. The van der Waals surface area contributed by atoms with E-state index >= 15 is 0 Å². The third kappa shape index (κ3) is 3.84. The number of hydrogen-bond donors (Lipinski definition) is 2. The Labute approximate surface area is 107 Å². The summed E-state index contributed by atoms with van der Waals surface area (Å²) < 4.78 is 5.64. The van der Waals surface area contributed by atoms with Crippen molar-refractivity contribution in [1.29, 1.82) is 0 Å². The highest BCUT2D eigenvalue weighted by molar-refractivity contribution is 7.09. The van der Waals surface area contributed by atoms with Gasteiger partial charge in [0.15, 0.2) is 0 Å². The van der Waals surface area contributed by atoms with Crippen molar-refractivity contribution in [2.24, 2.45) is 5.84 Å². The van der Waals surface area contributed by atoms with E-state index in [1.807, 2.05) is 11.3 Å². The molecule has 2 heterocycles. The monoisotopic (exact) mass is 252 g/mol. The second-order valence-corrected chi connectivity index (χ2v) is 5.32. The topological polar surface area (TPSA) is 47.3 Å². The van der Waals surface area contributed by atoms with E-state index < -0.39 is 0 Å². The lowest BCUT2D eigenvalue weighted by molar-refractivity contribution is 0.164. The van der Waals surface area contributed by atoms with E-state index in [0.29, 0.717) is 0 Å². The molecule has 1 unspecified atom stereocenters. The van der Waals surface area contributed by atoms with Crippen molar-refractivity contribution in [1.82, 2.24) is 5.43 Å². The maximum atomic E-state index is 5.64. The number of nitrogens with two attached hydrogens (primary N) is 1. The Bertz CT molecular complexity index is 348. The fourth-order valence-electron chi connectivity index (χ4n) is 2.06. The molecule has 0 saturated carbocycles. The van der Waals surface area contributed by atoms with Gasteiger partial charge in [-0.1, -0.05) is 6.07 Å². The summed E-state index contributed by atoms with van der Waals surface area (Å²) in [5.41, 5.74) is 2.86. The minimum Gasteiger partial charge on any atom is -0.497 e. The quantitative estimate of drug-likeness (QED) is 0.604. The summed E-state index contributed by atoms with van der Waals surface area (Å²) in [6, 6.07) is 4.47. The molecule has 1 aliphatic heterocycles. The minimum atomic E-state index is 0.176. The van der Waals surface area contributed by atoms with Gasteiger partial charge in [-0.05, 0) is 49.6 Å². The first-order chi connectivity index (χ1) is 8.40. The zero-order valence-corrected chi connectivity index (χ0v) is 10.8. The molecule has 3 nitrogen and oxygen atoms in total. The van der Waals surface area contributed by atoms with Gasteiger partial charge in [0, 0.05) is 4.88 Å². The molecular weight excluding hydrogens is 232 g/mol. The van der Waals surface area contributed by atoms with E-state index in [2.05, 4.69) is 29.0 Å². The van der Waals surface area contributed by atoms with Crippen LogP contribution in [0.25, 0.3) is 0 Å². The molecule has 1 aromatic rings. The fraction of sp³-hybridized carbons (Fsp3) is 0.538. The van der Waals surface area contributed by atoms with Gasteiger partial charge in [-0.15, -0.1) is 11.3 Å². The van der Waals surface area contributed by atoms with Gasteiger partial charge in [0.1, 0.15) is 5.76 Å². The SMILES string of the molecule is NNC(CCCc1cccs1)C1=CCCCO1. The number of nitrogens with one attached hydrogen (secondary N) is 1. The molecule has 0 spiro atoms. The van der Waals surface area contributed by atoms with E-state index in [0.717, 1.165) is 44.5 Å². The Kier molecular flexibility index (Phi) is 5.04. The molecule has 3 N–H and O–H groups in total. The largest absolute Gasteiger partial charge is 0.497 e. The van der Waals surface area contributed by atoms with Gasteiger partial charge in [-0.25, -0.2) is 5.43 Å². The van der Waals surface area contributed by atoms with Crippen LogP contribution in [0.3, 0.4) is 0 Å². The summed E-state index contributed by atoms with van der Waals surface area (Å²) in [6.45, 7) is 0.828. The number of allylic oxidation sites excluding steroid dienone is 1. The van der Waals surface area contributed by atoms with E-state index in [-0.39, 0.29) is 6.04 Å². The lowest BCUT2D eigenvalue weighted by atomic mass is 10.1. The molecule has 4 heteroatoms. The molecule has 94 valence electrons. The average molecular weight is 252 g/mol. The van der Waals surface area contributed by atoms with Crippen LogP contribution in [0.4, 0.5) is 0 Å². The molecule has 1 atom stereocenters. The lowest BCUT2D eigenvalue weighted by Crippen LogP contribution is -2.38. The van der Waals surface area contributed by atoms with Crippen molar-refractivity contribution in [3.63, 3.8) is 0 Å². The van der Waals surface area contributed by atoms with Gasteiger partial charge in [0.25, 0.3) is 0 Å². The standard InChI is InChI=1S/C13H20N2OS/c14-15-12(13-8-1-2-9-16-13)7-3-5-11-6-4-10-17-11/h4,6,8,10,12,15H,1-3,5,7,9,14H2. The third-order valence-electron chi connectivity index (χ3n) is 3.00. The smallest absolute Gasteiger partial charge is 0.110 e. The molecule has 1 aliphatic rings. The summed E-state index contributed by atoms with van der Waals surface area (Å²) in [4.78, 5) is 1.44. The Morgan fingerprint density at radius 2 is 2.47 bits per heavy atom. The predicted octanol–water partition coefficient (Wildman–Crippen LogP) is 2.60. The van der Waals surface area contributed by atoms with Crippen molar-refractivity contribution >= 4 is 11.3 Å². The van der Waals surface area contributed by atoms with E-state index in [4.69, 9.17) is 10.6 Å². The molecule has 1 aromatic heterocycles. The number of ether oxygens (including phenoxy) is 1. The fourth-order valence-corrected chi connectivity index (χ4v) is 2.81. The minimum absolute atomic E-state index is 0.176. The maximum Gasteiger partial charge on any atom is 0.110 e. The third-order valence-corrected chi connectivity index (χ3v) is 3.94. The number of hydrazine groups is 1. The van der Waals surface area contributed by atoms with Gasteiger partial charge < -0.3 is 4.74 Å². The normalized spacial score (nSPS) is 17.4. The van der Waals surface area contributed by atoms with Gasteiger partial charge in [-0.3, -0.25) is 5.84 Å². The summed E-state index contributed by atoms with van der Waals surface area (Å²) in [5.74, 6) is 6.63. The van der Waals surface area contributed by atoms with E-state index in [9.17, 15) is 0 Å². The first-order valence-electron chi connectivity index (χ1n) is 6.21. The molecule has 0 saturated heterocycles. The van der Waals surface area contributed by atoms with Crippen LogP contribution in [-0.2, 0) is 11.2 Å². The molecule has 0 radical (unpaired) electrons. The zero-order valence-electron chi connectivity index (χ0n) is 10.0. The zero-order chi connectivity index (χ0) is 11.9. The molecule has 17 heavy (non-hydrogen) atoms. The summed E-state index contributed by atoms with van der Waals surface area (Å²) in [7, 11) is 0. The van der Waals surface area contributed by atoms with E-state index in [1.54, 1.807) is 0 Å². The number of thiophene rings is 1. The maximum absolute atomic E-state index is 5.64. The van der Waals surface area contributed by atoms with Crippen LogP contribution >= 0.6 is 11.3 Å². The van der Waals surface area contributed by atoms with Crippen molar-refractivity contribution in [2.45, 2.75) is 38.1 Å². The molecule has 2 rings (SSSR count). The highest BCUT2D eigenvalue weighted by Crippen LogP contribution is 2.18. The van der Waals surface area contributed by atoms with Crippen LogP contribution in [0.15, 0.2) is 29.3 Å². The van der Waals surface area contributed by atoms with Crippen molar-refractivity contribution in [3.8, 4) is 0 Å². The summed E-state index contributed by atoms with van der Waals surface area (Å²) in [5, 5.41) is 2.13. The highest BCUT2D eigenvalue weighted by atomic mass is 32.1. The van der Waals surface area contributed by atoms with Gasteiger partial charge in [0.2, 0.25) is 0 Å². The molecule has 0 bridgehead atoms. The van der Waals surface area contributed by atoms with Gasteiger partial charge in [-0.2, -0.15) is 0 Å². The Morgan fingerprint density at radius 3 is 3.12 bits per heavy atom. The van der Waals surface area contributed by atoms with Crippen LogP contribution in [0.1, 0.15) is 30.6 Å². The number of hydrogen-bond acceptors (Lipinski definition) is 4. The molecular formula is C13H20N2OS. The number of rotatable bonds is 6. The van der Waals surface area contributed by atoms with Gasteiger partial charge >= 0.3 is 0 Å². The second kappa shape index (κ2) is 6.79. The van der Waals surface area contributed by atoms with Crippen LogP contribution in [-0.4, -0.2) is 12.6 Å². The first kappa shape index (κ1) is 12.6.